The number of esters is 1. The molecule has 0 unspecified atom stereocenters. The number of benzene rings is 2. The Labute approximate surface area is 208 Å². The van der Waals surface area contributed by atoms with Crippen molar-refractivity contribution in [3.05, 3.63) is 87.0 Å². The maximum Gasteiger partial charge on any atom is 0.338 e. The predicted molar refractivity (Wildman–Crippen MR) is 134 cm³/mol. The lowest BCUT2D eigenvalue weighted by molar-refractivity contribution is -0.384. The molecule has 0 saturated carbocycles. The molecule has 1 aromatic heterocycles. The fourth-order valence-electron chi connectivity index (χ4n) is 4.80. The van der Waals surface area contributed by atoms with Crippen LogP contribution in [-0.4, -0.2) is 40.9 Å². The van der Waals surface area contributed by atoms with E-state index in [-0.39, 0.29) is 17.1 Å². The van der Waals surface area contributed by atoms with E-state index in [1.807, 2.05) is 16.4 Å². The number of nitro benzene ring substituents is 1. The van der Waals surface area contributed by atoms with Crippen molar-refractivity contribution in [2.45, 2.75) is 33.6 Å². The van der Waals surface area contributed by atoms with Crippen molar-refractivity contribution < 1.29 is 23.6 Å². The van der Waals surface area contributed by atoms with Crippen LogP contribution < -0.4 is 4.90 Å². The molecule has 1 atom stereocenters. The number of piperidine rings is 1. The summed E-state index contributed by atoms with van der Waals surface area (Å²) in [6.07, 6.45) is 2.03. The van der Waals surface area contributed by atoms with Gasteiger partial charge in [0.05, 0.1) is 10.5 Å². The summed E-state index contributed by atoms with van der Waals surface area (Å²) in [5.41, 5.74) is 2.83. The van der Waals surface area contributed by atoms with Crippen LogP contribution >= 0.6 is 0 Å². The zero-order valence-electron chi connectivity index (χ0n) is 20.5. The van der Waals surface area contributed by atoms with Crippen LogP contribution in [0.15, 0.2) is 48.5 Å². The number of nitro groups is 1. The molecule has 188 valence electrons. The maximum absolute atomic E-state index is 13.3. The first-order valence-electron chi connectivity index (χ1n) is 11.8. The minimum Gasteiger partial charge on any atom is -0.454 e. The summed E-state index contributed by atoms with van der Waals surface area (Å²) in [5.74, 6) is -1.14. The number of aryl methyl sites for hydroxylation is 1. The molecule has 36 heavy (non-hydrogen) atoms. The lowest BCUT2D eigenvalue weighted by Crippen LogP contribution is -2.34. The fourth-order valence-corrected chi connectivity index (χ4v) is 4.80. The third-order valence-corrected chi connectivity index (χ3v) is 6.56. The molecule has 9 heteroatoms. The van der Waals surface area contributed by atoms with Gasteiger partial charge in [-0.15, -0.1) is 0 Å². The van der Waals surface area contributed by atoms with Crippen LogP contribution in [0.4, 0.5) is 15.8 Å². The molecule has 0 bridgehead atoms. The molecular weight excluding hydrogens is 465 g/mol. The van der Waals surface area contributed by atoms with Crippen molar-refractivity contribution in [3.8, 4) is 5.69 Å². The molecule has 2 aromatic carbocycles. The zero-order valence-corrected chi connectivity index (χ0v) is 20.5. The Morgan fingerprint density at radius 2 is 1.86 bits per heavy atom. The Hall–Kier alpha value is -4.01. The van der Waals surface area contributed by atoms with Crippen LogP contribution in [0, 0.1) is 35.7 Å². The lowest BCUT2D eigenvalue weighted by atomic mass is 9.99. The molecule has 4 rings (SSSR count). The fraction of sp³-hybridized carbons (Fsp3) is 0.333. The summed E-state index contributed by atoms with van der Waals surface area (Å²) in [4.78, 5) is 38.7. The van der Waals surface area contributed by atoms with E-state index < -0.39 is 23.3 Å². The van der Waals surface area contributed by atoms with Crippen LogP contribution in [-0.2, 0) is 4.74 Å². The van der Waals surface area contributed by atoms with Gasteiger partial charge in [0.15, 0.2) is 6.61 Å². The minimum absolute atomic E-state index is 0.0140. The molecule has 0 aliphatic carbocycles. The average molecular weight is 494 g/mol. The molecule has 0 spiro atoms. The number of rotatable bonds is 7. The van der Waals surface area contributed by atoms with Gasteiger partial charge in [0, 0.05) is 41.8 Å². The highest BCUT2D eigenvalue weighted by molar-refractivity contribution is 6.00. The molecule has 0 amide bonds. The van der Waals surface area contributed by atoms with Gasteiger partial charge in [-0.05, 0) is 75.1 Å². The van der Waals surface area contributed by atoms with Crippen molar-refractivity contribution in [2.75, 3.05) is 24.6 Å². The van der Waals surface area contributed by atoms with E-state index >= 15 is 0 Å². The lowest BCUT2D eigenvalue weighted by Gasteiger charge is -2.32. The van der Waals surface area contributed by atoms with E-state index in [2.05, 4.69) is 6.92 Å². The summed E-state index contributed by atoms with van der Waals surface area (Å²) in [5, 5.41) is 11.7. The summed E-state index contributed by atoms with van der Waals surface area (Å²) in [6.45, 7) is 6.62. The van der Waals surface area contributed by atoms with Gasteiger partial charge in [-0.2, -0.15) is 0 Å². The summed E-state index contributed by atoms with van der Waals surface area (Å²) in [7, 11) is 0. The van der Waals surface area contributed by atoms with Gasteiger partial charge in [0.1, 0.15) is 11.5 Å². The van der Waals surface area contributed by atoms with Crippen LogP contribution in [0.1, 0.15) is 51.9 Å². The van der Waals surface area contributed by atoms with Crippen LogP contribution in [0.2, 0.25) is 0 Å². The average Bonchev–Trinajstić information content (AvgIpc) is 3.16. The smallest absolute Gasteiger partial charge is 0.338 e. The largest absolute Gasteiger partial charge is 0.454 e. The van der Waals surface area contributed by atoms with E-state index in [0.717, 1.165) is 31.6 Å². The normalized spacial score (nSPS) is 15.6. The summed E-state index contributed by atoms with van der Waals surface area (Å²) >= 11 is 0. The molecule has 2 heterocycles. The maximum atomic E-state index is 13.3. The van der Waals surface area contributed by atoms with Gasteiger partial charge in [0.2, 0.25) is 5.78 Å². The van der Waals surface area contributed by atoms with Crippen molar-refractivity contribution in [2.24, 2.45) is 5.92 Å². The number of hydrogen-bond donors (Lipinski definition) is 0. The Balaban J connectivity index is 1.48. The number of ether oxygens (including phenoxy) is 1. The Bertz CT molecular complexity index is 1320. The summed E-state index contributed by atoms with van der Waals surface area (Å²) < 4.78 is 20.3. The van der Waals surface area contributed by atoms with Gasteiger partial charge in [0.25, 0.3) is 5.69 Å². The van der Waals surface area contributed by atoms with Gasteiger partial charge in [-0.1, -0.05) is 6.92 Å². The third-order valence-electron chi connectivity index (χ3n) is 6.56. The molecule has 1 aliphatic heterocycles. The Morgan fingerprint density at radius 3 is 2.53 bits per heavy atom. The highest BCUT2D eigenvalue weighted by Gasteiger charge is 2.26. The highest BCUT2D eigenvalue weighted by Crippen LogP contribution is 2.32. The van der Waals surface area contributed by atoms with Crippen molar-refractivity contribution in [1.82, 2.24) is 4.57 Å². The number of Topliss-reactive ketones (excluding diaryl/α,β-unsaturated/α-hetero) is 1. The topological polar surface area (TPSA) is 94.7 Å². The zero-order chi connectivity index (χ0) is 26.0. The summed E-state index contributed by atoms with van der Waals surface area (Å²) in [6, 6.07) is 11.9. The predicted octanol–water partition coefficient (Wildman–Crippen LogP) is 5.42. The van der Waals surface area contributed by atoms with E-state index in [1.165, 1.54) is 24.3 Å². The number of halogens is 1. The van der Waals surface area contributed by atoms with Gasteiger partial charge < -0.3 is 14.2 Å². The second-order valence-electron chi connectivity index (χ2n) is 9.25. The molecule has 8 nitrogen and oxygen atoms in total. The second kappa shape index (κ2) is 10.3. The van der Waals surface area contributed by atoms with Crippen molar-refractivity contribution in [1.29, 1.82) is 0 Å². The van der Waals surface area contributed by atoms with Crippen LogP contribution in [0.5, 0.6) is 0 Å². The van der Waals surface area contributed by atoms with Crippen molar-refractivity contribution >= 4 is 23.1 Å². The van der Waals surface area contributed by atoms with Crippen LogP contribution in [0.3, 0.4) is 0 Å². The first kappa shape index (κ1) is 25.1. The number of ketones is 1. The van der Waals surface area contributed by atoms with E-state index in [1.54, 1.807) is 31.2 Å². The molecule has 1 fully saturated rings. The molecule has 0 radical (unpaired) electrons. The molecule has 1 saturated heterocycles. The number of anilines is 1. The highest BCUT2D eigenvalue weighted by atomic mass is 19.1. The molecular formula is C27H28FN3O5. The number of nitrogens with zero attached hydrogens (tertiary/aromatic N) is 3. The Morgan fingerprint density at radius 1 is 1.14 bits per heavy atom. The Kier molecular flexibility index (Phi) is 7.19. The van der Waals surface area contributed by atoms with Gasteiger partial charge in [-0.25, -0.2) is 9.18 Å². The monoisotopic (exact) mass is 493 g/mol. The van der Waals surface area contributed by atoms with Crippen LogP contribution in [0.25, 0.3) is 5.69 Å². The molecule has 0 N–H and O–H groups in total. The van der Waals surface area contributed by atoms with Crippen molar-refractivity contribution in [3.63, 3.8) is 0 Å². The molecule has 3 aromatic rings. The van der Waals surface area contributed by atoms with E-state index in [9.17, 15) is 24.1 Å². The first-order chi connectivity index (χ1) is 17.2. The van der Waals surface area contributed by atoms with E-state index in [0.29, 0.717) is 28.6 Å². The number of carbonyl (C=O) groups excluding carboxylic acids is 2. The SMILES string of the molecule is Cc1cc(C(=O)COC(=O)c2ccc(N3CCC[C@H](C)C3)c([N+](=O)[O-])c2)c(C)n1-c1ccc(F)cc1. The standard InChI is InChI=1S/C27H28FN3O5/c1-17-5-4-12-29(15-17)24-11-6-20(14-25(24)31(34)35)27(33)36-16-26(32)23-13-18(2)30(19(23)3)22-9-7-21(28)8-10-22/h6-11,13-14,17H,4-5,12,15-16H2,1-3H3/t17-/m0/s1. The van der Waals surface area contributed by atoms with Gasteiger partial charge in [-0.3, -0.25) is 14.9 Å². The number of aromatic nitrogens is 1. The minimum atomic E-state index is -0.808. The number of carbonyl (C=O) groups is 2. The number of hydrogen-bond acceptors (Lipinski definition) is 6. The first-order valence-corrected chi connectivity index (χ1v) is 11.8. The third kappa shape index (κ3) is 5.15. The van der Waals surface area contributed by atoms with E-state index in [4.69, 9.17) is 4.74 Å². The quantitative estimate of drug-likeness (QED) is 0.189. The second-order valence-corrected chi connectivity index (χ2v) is 9.25. The van der Waals surface area contributed by atoms with Gasteiger partial charge >= 0.3 is 5.97 Å². The molecule has 1 aliphatic rings.